The van der Waals surface area contributed by atoms with Crippen LogP contribution in [0.4, 0.5) is 0 Å². The van der Waals surface area contributed by atoms with Gasteiger partial charge in [-0.2, -0.15) is 0 Å². The summed E-state index contributed by atoms with van der Waals surface area (Å²) in [7, 11) is 0. The van der Waals surface area contributed by atoms with Gasteiger partial charge in [0.1, 0.15) is 0 Å². The normalized spacial score (nSPS) is 11.9. The number of nitrogens with zero attached hydrogens (tertiary/aromatic N) is 1. The van der Waals surface area contributed by atoms with Crippen LogP contribution < -0.4 is 5.32 Å². The maximum absolute atomic E-state index is 5.83. The number of rotatable bonds is 6. The van der Waals surface area contributed by atoms with Gasteiger partial charge in [-0.05, 0) is 49.0 Å². The molecule has 2 rings (SSSR count). The number of hydrogen-bond acceptors (Lipinski definition) is 1. The quantitative estimate of drug-likeness (QED) is 0.651. The summed E-state index contributed by atoms with van der Waals surface area (Å²) in [6, 6.07) is 21.0. The molecule has 0 radical (unpaired) electrons. The van der Waals surface area contributed by atoms with Gasteiger partial charge in [-0.1, -0.05) is 81.4 Å². The standard InChI is InChI=1S/C23H32N2S/c1-22(2,3)18-23(4,5)24-21(26)25(16-19-12-8-6-9-13-19)17-20-14-10-7-11-15-20/h6-15H,16-18H2,1-5H3,(H,24,26). The third-order valence-corrected chi connectivity index (χ3v) is 4.50. The van der Waals surface area contributed by atoms with E-state index in [1.807, 2.05) is 12.1 Å². The molecule has 0 fully saturated rings. The summed E-state index contributed by atoms with van der Waals surface area (Å²) in [6.07, 6.45) is 1.05. The first-order valence-electron chi connectivity index (χ1n) is 9.30. The predicted octanol–water partition coefficient (Wildman–Crippen LogP) is 5.78. The summed E-state index contributed by atoms with van der Waals surface area (Å²) < 4.78 is 0. The average molecular weight is 369 g/mol. The van der Waals surface area contributed by atoms with E-state index in [-0.39, 0.29) is 11.0 Å². The lowest BCUT2D eigenvalue weighted by Gasteiger charge is -2.37. The highest BCUT2D eigenvalue weighted by Gasteiger charge is 2.27. The molecule has 1 N–H and O–H groups in total. The molecule has 140 valence electrons. The summed E-state index contributed by atoms with van der Waals surface area (Å²) >= 11 is 5.83. The lowest BCUT2D eigenvalue weighted by atomic mass is 9.82. The summed E-state index contributed by atoms with van der Waals surface area (Å²) in [5.74, 6) is 0. The summed E-state index contributed by atoms with van der Waals surface area (Å²) in [5.41, 5.74) is 2.72. The number of nitrogens with one attached hydrogen (secondary N) is 1. The molecular formula is C23H32N2S. The summed E-state index contributed by atoms with van der Waals surface area (Å²) in [5, 5.41) is 4.42. The van der Waals surface area contributed by atoms with Crippen molar-refractivity contribution in [3.63, 3.8) is 0 Å². The van der Waals surface area contributed by atoms with E-state index in [1.54, 1.807) is 0 Å². The van der Waals surface area contributed by atoms with Gasteiger partial charge in [0.15, 0.2) is 5.11 Å². The number of thiocarbonyl (C=S) groups is 1. The molecule has 0 spiro atoms. The third kappa shape index (κ3) is 7.17. The van der Waals surface area contributed by atoms with Gasteiger partial charge in [-0.15, -0.1) is 0 Å². The average Bonchev–Trinajstić information content (AvgIpc) is 2.53. The fourth-order valence-electron chi connectivity index (χ4n) is 3.55. The first kappa shape index (κ1) is 20.4. The van der Waals surface area contributed by atoms with Crippen molar-refractivity contribution in [1.29, 1.82) is 0 Å². The second-order valence-corrected chi connectivity index (χ2v) is 9.27. The van der Waals surface area contributed by atoms with Gasteiger partial charge < -0.3 is 10.2 Å². The molecule has 26 heavy (non-hydrogen) atoms. The molecule has 0 heterocycles. The summed E-state index contributed by atoms with van der Waals surface area (Å²) in [4.78, 5) is 2.25. The van der Waals surface area contributed by atoms with Crippen LogP contribution in [0.3, 0.4) is 0 Å². The van der Waals surface area contributed by atoms with Crippen LogP contribution >= 0.6 is 12.2 Å². The topological polar surface area (TPSA) is 15.3 Å². The largest absolute Gasteiger partial charge is 0.358 e. The minimum Gasteiger partial charge on any atom is -0.358 e. The van der Waals surface area contributed by atoms with E-state index in [0.717, 1.165) is 24.6 Å². The zero-order valence-electron chi connectivity index (χ0n) is 16.8. The molecule has 0 aliphatic carbocycles. The highest BCUT2D eigenvalue weighted by Crippen LogP contribution is 2.27. The Bertz CT molecular complexity index is 646. The Kier molecular flexibility index (Phi) is 6.82. The molecule has 0 bridgehead atoms. The van der Waals surface area contributed by atoms with Crippen LogP contribution in [0.2, 0.25) is 0 Å². The lowest BCUT2D eigenvalue weighted by Crippen LogP contribution is -2.50. The second-order valence-electron chi connectivity index (χ2n) is 8.88. The van der Waals surface area contributed by atoms with Gasteiger partial charge in [0, 0.05) is 18.6 Å². The summed E-state index contributed by atoms with van der Waals surface area (Å²) in [6.45, 7) is 12.9. The Labute approximate surface area is 164 Å². The molecule has 0 saturated carbocycles. The van der Waals surface area contributed by atoms with Gasteiger partial charge >= 0.3 is 0 Å². The Balaban J connectivity index is 2.15. The SMILES string of the molecule is CC(C)(C)CC(C)(C)NC(=S)N(Cc1ccccc1)Cc1ccccc1. The number of benzene rings is 2. The third-order valence-electron chi connectivity index (χ3n) is 4.14. The van der Waals surface area contributed by atoms with Crippen LogP contribution in [0, 0.1) is 5.41 Å². The van der Waals surface area contributed by atoms with E-state index in [4.69, 9.17) is 12.2 Å². The molecule has 2 aromatic carbocycles. The Hall–Kier alpha value is -1.87. The Morgan fingerprint density at radius 1 is 0.808 bits per heavy atom. The van der Waals surface area contributed by atoms with Crippen LogP contribution in [-0.4, -0.2) is 15.6 Å². The van der Waals surface area contributed by atoms with Crippen molar-refractivity contribution in [1.82, 2.24) is 10.2 Å². The predicted molar refractivity (Wildman–Crippen MR) is 116 cm³/mol. The van der Waals surface area contributed by atoms with Gasteiger partial charge in [0.2, 0.25) is 0 Å². The van der Waals surface area contributed by atoms with Crippen molar-refractivity contribution in [2.24, 2.45) is 5.41 Å². The Morgan fingerprint density at radius 2 is 1.23 bits per heavy atom. The van der Waals surface area contributed by atoms with Gasteiger partial charge in [0.05, 0.1) is 0 Å². The van der Waals surface area contributed by atoms with Gasteiger partial charge in [-0.3, -0.25) is 0 Å². The fourth-order valence-corrected chi connectivity index (χ4v) is 3.95. The number of hydrogen-bond donors (Lipinski definition) is 1. The minimum absolute atomic E-state index is 0.0546. The van der Waals surface area contributed by atoms with E-state index >= 15 is 0 Å². The fraction of sp³-hybridized carbons (Fsp3) is 0.435. The van der Waals surface area contributed by atoms with Crippen molar-refractivity contribution < 1.29 is 0 Å². The molecule has 0 saturated heterocycles. The second kappa shape index (κ2) is 8.68. The van der Waals surface area contributed by atoms with Gasteiger partial charge in [-0.25, -0.2) is 0 Å². The van der Waals surface area contributed by atoms with Crippen molar-refractivity contribution in [2.45, 2.75) is 59.7 Å². The maximum atomic E-state index is 5.83. The van der Waals surface area contributed by atoms with Crippen LogP contribution in [-0.2, 0) is 13.1 Å². The molecule has 0 aliphatic heterocycles. The first-order chi connectivity index (χ1) is 12.1. The highest BCUT2D eigenvalue weighted by molar-refractivity contribution is 7.80. The van der Waals surface area contributed by atoms with Crippen molar-refractivity contribution in [3.05, 3.63) is 71.8 Å². The van der Waals surface area contributed by atoms with Crippen molar-refractivity contribution >= 4 is 17.3 Å². The molecule has 2 nitrogen and oxygen atoms in total. The van der Waals surface area contributed by atoms with E-state index < -0.39 is 0 Å². The zero-order valence-corrected chi connectivity index (χ0v) is 17.6. The van der Waals surface area contributed by atoms with Crippen molar-refractivity contribution in [3.8, 4) is 0 Å². The lowest BCUT2D eigenvalue weighted by molar-refractivity contribution is 0.257. The molecule has 0 atom stereocenters. The van der Waals surface area contributed by atoms with E-state index in [2.05, 4.69) is 93.4 Å². The Morgan fingerprint density at radius 3 is 1.62 bits per heavy atom. The minimum atomic E-state index is -0.0546. The molecule has 2 aromatic rings. The zero-order chi connectivity index (χ0) is 19.2. The maximum Gasteiger partial charge on any atom is 0.169 e. The van der Waals surface area contributed by atoms with Crippen LogP contribution in [0.5, 0.6) is 0 Å². The molecule has 0 amide bonds. The van der Waals surface area contributed by atoms with Crippen LogP contribution in [0.15, 0.2) is 60.7 Å². The van der Waals surface area contributed by atoms with E-state index in [1.165, 1.54) is 11.1 Å². The smallest absolute Gasteiger partial charge is 0.169 e. The molecule has 0 aliphatic rings. The van der Waals surface area contributed by atoms with Crippen molar-refractivity contribution in [2.75, 3.05) is 0 Å². The molecule has 3 heteroatoms. The van der Waals surface area contributed by atoms with Gasteiger partial charge in [0.25, 0.3) is 0 Å². The van der Waals surface area contributed by atoms with E-state index in [9.17, 15) is 0 Å². The van der Waals surface area contributed by atoms with Crippen LogP contribution in [0.1, 0.15) is 52.2 Å². The molecule has 0 unspecified atom stereocenters. The monoisotopic (exact) mass is 368 g/mol. The van der Waals surface area contributed by atoms with Crippen LogP contribution in [0.25, 0.3) is 0 Å². The van der Waals surface area contributed by atoms with E-state index in [0.29, 0.717) is 0 Å². The molecular weight excluding hydrogens is 336 g/mol. The highest BCUT2D eigenvalue weighted by atomic mass is 32.1. The molecule has 0 aromatic heterocycles. The first-order valence-corrected chi connectivity index (χ1v) is 9.70.